The maximum atomic E-state index is 11.6. The van der Waals surface area contributed by atoms with Gasteiger partial charge in [-0.05, 0) is 40.0 Å². The topological polar surface area (TPSA) is 76.6 Å². The van der Waals surface area contributed by atoms with E-state index >= 15 is 0 Å². The molecule has 1 atom stereocenters. The smallest absolute Gasteiger partial charge is 0.399 e. The number of anilines is 1. The van der Waals surface area contributed by atoms with Crippen LogP contribution < -0.4 is 10.8 Å². The maximum absolute atomic E-state index is 11.6. The summed E-state index contributed by atoms with van der Waals surface area (Å²) in [6.07, 6.45) is 4.42. The van der Waals surface area contributed by atoms with Gasteiger partial charge in [0.15, 0.2) is 0 Å². The third-order valence-electron chi connectivity index (χ3n) is 5.50. The van der Waals surface area contributed by atoms with Crippen LogP contribution in [0.4, 0.5) is 5.95 Å². The van der Waals surface area contributed by atoms with Crippen molar-refractivity contribution in [1.29, 1.82) is 0 Å². The molecule has 0 radical (unpaired) electrons. The zero-order valence-electron chi connectivity index (χ0n) is 15.8. The van der Waals surface area contributed by atoms with Gasteiger partial charge < -0.3 is 19.5 Å². The minimum absolute atomic E-state index is 0.00261. The van der Waals surface area contributed by atoms with Crippen molar-refractivity contribution >= 4 is 36.0 Å². The van der Waals surface area contributed by atoms with E-state index in [4.69, 9.17) is 20.9 Å². The number of nitrogens with one attached hydrogen (secondary N) is 1. The predicted molar refractivity (Wildman–Crippen MR) is 102 cm³/mol. The molecule has 1 amide bonds. The van der Waals surface area contributed by atoms with Crippen LogP contribution >= 0.6 is 11.6 Å². The molecule has 3 heterocycles. The van der Waals surface area contributed by atoms with Crippen LogP contribution in [0.25, 0.3) is 0 Å². The van der Waals surface area contributed by atoms with Crippen LogP contribution in [0.1, 0.15) is 34.1 Å². The van der Waals surface area contributed by atoms with Gasteiger partial charge in [0, 0.05) is 37.5 Å². The van der Waals surface area contributed by atoms with Crippen molar-refractivity contribution in [2.45, 2.75) is 45.3 Å². The number of carbonyl (C=O) groups is 1. The highest BCUT2D eigenvalue weighted by atomic mass is 35.5. The summed E-state index contributed by atoms with van der Waals surface area (Å²) in [5.74, 6) is 0.988. The highest BCUT2D eigenvalue weighted by Gasteiger charge is 2.51. The van der Waals surface area contributed by atoms with E-state index < -0.39 is 7.12 Å². The molecule has 2 fully saturated rings. The van der Waals surface area contributed by atoms with Crippen LogP contribution in [0.5, 0.6) is 0 Å². The zero-order valence-corrected chi connectivity index (χ0v) is 16.5. The lowest BCUT2D eigenvalue weighted by molar-refractivity contribution is -0.127. The molecule has 9 heteroatoms. The molecule has 0 spiro atoms. The molecule has 0 aliphatic carbocycles. The summed E-state index contributed by atoms with van der Waals surface area (Å²) in [6.45, 7) is 10.3. The lowest BCUT2D eigenvalue weighted by Gasteiger charge is -2.32. The third kappa shape index (κ3) is 3.97. The highest BCUT2D eigenvalue weighted by Crippen LogP contribution is 2.36. The number of hydrogen-bond donors (Lipinski definition) is 1. The first-order valence-corrected chi connectivity index (χ1v) is 9.50. The van der Waals surface area contributed by atoms with Crippen LogP contribution in [0.3, 0.4) is 0 Å². The summed E-state index contributed by atoms with van der Waals surface area (Å²) in [6, 6.07) is 0. The Morgan fingerprint density at radius 2 is 1.92 bits per heavy atom. The Morgan fingerprint density at radius 1 is 1.31 bits per heavy atom. The number of halogens is 1. The average Bonchev–Trinajstić information content (AvgIpc) is 3.15. The number of alkyl halides is 1. The molecule has 2 aliphatic rings. The van der Waals surface area contributed by atoms with Crippen molar-refractivity contribution in [2.24, 2.45) is 5.92 Å². The Bertz CT molecular complexity index is 640. The molecule has 3 rings (SSSR count). The molecule has 7 nitrogen and oxygen atoms in total. The first-order chi connectivity index (χ1) is 12.2. The number of amides is 1. The molecule has 2 aliphatic heterocycles. The van der Waals surface area contributed by atoms with Crippen LogP contribution in [0.2, 0.25) is 0 Å². The molecular weight excluding hydrogens is 354 g/mol. The van der Waals surface area contributed by atoms with Gasteiger partial charge in [-0.25, -0.2) is 9.97 Å². The van der Waals surface area contributed by atoms with E-state index in [0.29, 0.717) is 11.9 Å². The normalized spacial score (nSPS) is 24.1. The molecule has 26 heavy (non-hydrogen) atoms. The maximum Gasteiger partial charge on any atom is 0.498 e. The Labute approximate surface area is 159 Å². The first kappa shape index (κ1) is 19.4. The predicted octanol–water partition coefficient (Wildman–Crippen LogP) is 1.27. The van der Waals surface area contributed by atoms with E-state index in [2.05, 4.69) is 15.3 Å². The lowest BCUT2D eigenvalue weighted by Crippen LogP contribution is -2.41. The molecule has 142 valence electrons. The van der Waals surface area contributed by atoms with E-state index in [9.17, 15) is 4.79 Å². The monoisotopic (exact) mass is 380 g/mol. The molecule has 1 aromatic heterocycles. The van der Waals surface area contributed by atoms with E-state index in [-0.39, 0.29) is 23.0 Å². The largest absolute Gasteiger partial charge is 0.498 e. The number of carbonyl (C=O) groups excluding carboxylic acids is 1. The van der Waals surface area contributed by atoms with Crippen LogP contribution in [0, 0.1) is 5.92 Å². The molecule has 0 saturated carbocycles. The Kier molecular flexibility index (Phi) is 5.46. The van der Waals surface area contributed by atoms with Gasteiger partial charge in [-0.2, -0.15) is 0 Å². The van der Waals surface area contributed by atoms with Gasteiger partial charge in [0.25, 0.3) is 0 Å². The SMILES string of the molecule is CC1(C)OB(c2cnc(NCC3CCN(C(=O)CCl)C3)nc2)OC1(C)C. The molecule has 2 saturated heterocycles. The second-order valence-electron chi connectivity index (χ2n) is 7.94. The Hall–Kier alpha value is -1.38. The molecule has 0 bridgehead atoms. The zero-order chi connectivity index (χ0) is 18.9. The van der Waals surface area contributed by atoms with Crippen LogP contribution in [-0.4, -0.2) is 64.6 Å². The van der Waals surface area contributed by atoms with Gasteiger partial charge in [-0.15, -0.1) is 11.6 Å². The second kappa shape index (κ2) is 7.33. The quantitative estimate of drug-likeness (QED) is 0.612. The summed E-state index contributed by atoms with van der Waals surface area (Å²) in [5, 5.41) is 3.24. The highest BCUT2D eigenvalue weighted by molar-refractivity contribution is 6.61. The van der Waals surface area contributed by atoms with Gasteiger partial charge in [0.2, 0.25) is 11.9 Å². The minimum Gasteiger partial charge on any atom is -0.399 e. The van der Waals surface area contributed by atoms with Gasteiger partial charge in [-0.3, -0.25) is 4.79 Å². The Balaban J connectivity index is 1.52. The number of hydrogen-bond acceptors (Lipinski definition) is 6. The molecular formula is C17H26BClN4O3. The lowest BCUT2D eigenvalue weighted by atomic mass is 9.81. The molecule has 1 N–H and O–H groups in total. The van der Waals surface area contributed by atoms with E-state index in [1.807, 2.05) is 32.6 Å². The van der Waals surface area contributed by atoms with E-state index in [0.717, 1.165) is 31.5 Å². The fourth-order valence-electron chi connectivity index (χ4n) is 3.08. The van der Waals surface area contributed by atoms with Crippen LogP contribution in [0.15, 0.2) is 12.4 Å². The van der Waals surface area contributed by atoms with Gasteiger partial charge in [-0.1, -0.05) is 0 Å². The minimum atomic E-state index is -0.459. The summed E-state index contributed by atoms with van der Waals surface area (Å²) in [4.78, 5) is 22.2. The Morgan fingerprint density at radius 3 is 2.50 bits per heavy atom. The van der Waals surface area contributed by atoms with Crippen molar-refractivity contribution in [3.8, 4) is 0 Å². The number of likely N-dealkylation sites (tertiary alicyclic amines) is 1. The second-order valence-corrected chi connectivity index (χ2v) is 8.20. The van der Waals surface area contributed by atoms with Gasteiger partial charge >= 0.3 is 7.12 Å². The molecule has 1 unspecified atom stereocenters. The first-order valence-electron chi connectivity index (χ1n) is 8.97. The number of nitrogens with zero attached hydrogens (tertiary/aromatic N) is 3. The van der Waals surface area contributed by atoms with Crippen LogP contribution in [-0.2, 0) is 14.1 Å². The molecule has 1 aromatic rings. The van der Waals surface area contributed by atoms with Crippen molar-refractivity contribution in [1.82, 2.24) is 14.9 Å². The van der Waals surface area contributed by atoms with Crippen molar-refractivity contribution < 1.29 is 14.1 Å². The summed E-state index contributed by atoms with van der Waals surface area (Å²) < 4.78 is 12.0. The fraction of sp³-hybridized carbons (Fsp3) is 0.706. The molecule has 0 aromatic carbocycles. The summed E-state index contributed by atoms with van der Waals surface area (Å²) in [5.41, 5.74) is 0.0289. The average molecular weight is 381 g/mol. The van der Waals surface area contributed by atoms with Crippen molar-refractivity contribution in [3.63, 3.8) is 0 Å². The third-order valence-corrected chi connectivity index (χ3v) is 5.73. The summed E-state index contributed by atoms with van der Waals surface area (Å²) in [7, 11) is -0.459. The van der Waals surface area contributed by atoms with Gasteiger partial charge in [0.05, 0.1) is 11.2 Å². The standard InChI is InChI=1S/C17H26BClN4O3/c1-16(2)17(3,4)26-18(25-16)13-9-21-15(22-10-13)20-8-12-5-6-23(11-12)14(24)7-19/h9-10,12H,5-8,11H2,1-4H3,(H,20,21,22). The van der Waals surface area contributed by atoms with E-state index in [1.165, 1.54) is 0 Å². The van der Waals surface area contributed by atoms with E-state index in [1.54, 1.807) is 12.4 Å². The van der Waals surface area contributed by atoms with Crippen molar-refractivity contribution in [2.75, 3.05) is 30.8 Å². The summed E-state index contributed by atoms with van der Waals surface area (Å²) >= 11 is 5.61. The fourth-order valence-corrected chi connectivity index (χ4v) is 3.25. The number of aromatic nitrogens is 2. The van der Waals surface area contributed by atoms with Crippen molar-refractivity contribution in [3.05, 3.63) is 12.4 Å². The number of rotatable bonds is 5. The van der Waals surface area contributed by atoms with Gasteiger partial charge in [0.1, 0.15) is 5.88 Å².